The molecule has 0 radical (unpaired) electrons. The van der Waals surface area contributed by atoms with Crippen LogP contribution in [0.3, 0.4) is 0 Å². The Morgan fingerprint density at radius 1 is 1.20 bits per heavy atom. The summed E-state index contributed by atoms with van der Waals surface area (Å²) >= 11 is 3.18. The average molecular weight is 344 g/mol. The Morgan fingerprint density at radius 3 is 2.30 bits per heavy atom. The van der Waals surface area contributed by atoms with Crippen LogP contribution in [0.4, 0.5) is 4.79 Å². The van der Waals surface area contributed by atoms with Crippen molar-refractivity contribution in [1.29, 1.82) is 0 Å². The number of halogens is 1. The van der Waals surface area contributed by atoms with Crippen LogP contribution in [-0.2, 0) is 0 Å². The highest BCUT2D eigenvalue weighted by molar-refractivity contribution is 9.10. The van der Waals surface area contributed by atoms with E-state index in [0.29, 0.717) is 36.6 Å². The van der Waals surface area contributed by atoms with Gasteiger partial charge in [-0.25, -0.2) is 4.79 Å². The molecular formula is C13H18BrN3O3. The van der Waals surface area contributed by atoms with Crippen LogP contribution in [0.1, 0.15) is 24.4 Å². The van der Waals surface area contributed by atoms with Crippen LogP contribution in [0.2, 0.25) is 0 Å². The van der Waals surface area contributed by atoms with E-state index in [1.807, 2.05) is 13.8 Å². The summed E-state index contributed by atoms with van der Waals surface area (Å²) in [7, 11) is 0. The maximum atomic E-state index is 12.2. The molecule has 1 N–H and O–H groups in total. The highest BCUT2D eigenvalue weighted by Crippen LogP contribution is 2.16. The van der Waals surface area contributed by atoms with Crippen molar-refractivity contribution in [2.75, 3.05) is 26.2 Å². The van der Waals surface area contributed by atoms with Crippen LogP contribution < -0.4 is 5.32 Å². The van der Waals surface area contributed by atoms with Crippen LogP contribution in [0.25, 0.3) is 0 Å². The average Bonchev–Trinajstić information content (AvgIpc) is 2.84. The topological polar surface area (TPSA) is 65.8 Å². The van der Waals surface area contributed by atoms with Gasteiger partial charge < -0.3 is 19.5 Å². The monoisotopic (exact) mass is 343 g/mol. The van der Waals surface area contributed by atoms with Crippen molar-refractivity contribution in [3.8, 4) is 0 Å². The van der Waals surface area contributed by atoms with Crippen LogP contribution in [0.15, 0.2) is 21.2 Å². The first-order valence-electron chi connectivity index (χ1n) is 6.57. The molecule has 110 valence electrons. The number of rotatable bonds is 2. The maximum absolute atomic E-state index is 12.2. The van der Waals surface area contributed by atoms with Gasteiger partial charge in [0.05, 0.1) is 0 Å². The van der Waals surface area contributed by atoms with Crippen molar-refractivity contribution >= 4 is 27.9 Å². The molecule has 1 aromatic rings. The zero-order valence-electron chi connectivity index (χ0n) is 11.6. The Hall–Kier alpha value is -1.50. The lowest BCUT2D eigenvalue weighted by Gasteiger charge is -2.34. The predicted molar refractivity (Wildman–Crippen MR) is 77.6 cm³/mol. The van der Waals surface area contributed by atoms with Gasteiger partial charge in [0, 0.05) is 32.2 Å². The number of nitrogens with one attached hydrogen (secondary N) is 1. The summed E-state index contributed by atoms with van der Waals surface area (Å²) in [5, 5.41) is 2.85. The summed E-state index contributed by atoms with van der Waals surface area (Å²) in [5.74, 6) is 0.177. The Kier molecular flexibility index (Phi) is 4.69. The van der Waals surface area contributed by atoms with Crippen molar-refractivity contribution < 1.29 is 14.0 Å². The summed E-state index contributed by atoms with van der Waals surface area (Å²) in [4.78, 5) is 27.4. The Bertz CT molecular complexity index is 493. The van der Waals surface area contributed by atoms with Gasteiger partial charge in [0.1, 0.15) is 0 Å². The second-order valence-corrected chi connectivity index (χ2v) is 5.77. The van der Waals surface area contributed by atoms with E-state index in [4.69, 9.17) is 4.42 Å². The molecule has 20 heavy (non-hydrogen) atoms. The minimum atomic E-state index is -0.139. The number of piperazine rings is 1. The van der Waals surface area contributed by atoms with Gasteiger partial charge in [0.15, 0.2) is 10.4 Å². The number of hydrogen-bond acceptors (Lipinski definition) is 3. The van der Waals surface area contributed by atoms with Crippen LogP contribution in [0, 0.1) is 0 Å². The fourth-order valence-corrected chi connectivity index (χ4v) is 2.34. The number of carbonyl (C=O) groups excluding carboxylic acids is 2. The molecule has 1 fully saturated rings. The summed E-state index contributed by atoms with van der Waals surface area (Å²) in [6.07, 6.45) is 0. The van der Waals surface area contributed by atoms with Crippen molar-refractivity contribution in [3.05, 3.63) is 22.6 Å². The zero-order chi connectivity index (χ0) is 14.7. The number of nitrogens with zero attached hydrogens (tertiary/aromatic N) is 2. The van der Waals surface area contributed by atoms with Gasteiger partial charge in [-0.15, -0.1) is 0 Å². The van der Waals surface area contributed by atoms with E-state index >= 15 is 0 Å². The van der Waals surface area contributed by atoms with E-state index in [9.17, 15) is 9.59 Å². The molecule has 0 bridgehead atoms. The minimum Gasteiger partial charge on any atom is -0.444 e. The molecular weight excluding hydrogens is 326 g/mol. The van der Waals surface area contributed by atoms with E-state index in [1.54, 1.807) is 21.9 Å². The van der Waals surface area contributed by atoms with Crippen molar-refractivity contribution in [1.82, 2.24) is 15.1 Å². The summed E-state index contributed by atoms with van der Waals surface area (Å²) in [6.45, 7) is 5.95. The summed E-state index contributed by atoms with van der Waals surface area (Å²) in [6, 6.07) is 3.37. The Labute approximate surface area is 126 Å². The number of hydrogen-bond donors (Lipinski definition) is 1. The first kappa shape index (κ1) is 14.9. The van der Waals surface area contributed by atoms with E-state index in [2.05, 4.69) is 21.2 Å². The number of urea groups is 1. The minimum absolute atomic E-state index is 0.0761. The Balaban J connectivity index is 1.88. The third kappa shape index (κ3) is 3.53. The van der Waals surface area contributed by atoms with Crippen LogP contribution >= 0.6 is 15.9 Å². The number of furan rings is 1. The van der Waals surface area contributed by atoms with Crippen LogP contribution in [0.5, 0.6) is 0 Å². The fraction of sp³-hybridized carbons (Fsp3) is 0.538. The molecule has 7 heteroatoms. The van der Waals surface area contributed by atoms with Gasteiger partial charge in [0.25, 0.3) is 5.91 Å². The maximum Gasteiger partial charge on any atom is 0.317 e. The molecule has 0 atom stereocenters. The third-order valence-electron chi connectivity index (χ3n) is 3.05. The van der Waals surface area contributed by atoms with Gasteiger partial charge >= 0.3 is 6.03 Å². The molecule has 2 heterocycles. The SMILES string of the molecule is CC(C)NC(=O)N1CCN(C(=O)c2ccc(Br)o2)CC1. The second-order valence-electron chi connectivity index (χ2n) is 4.99. The lowest BCUT2D eigenvalue weighted by Crippen LogP contribution is -2.54. The lowest BCUT2D eigenvalue weighted by molar-refractivity contribution is 0.0632. The standard InChI is InChI=1S/C13H18BrN3O3/c1-9(2)15-13(19)17-7-5-16(6-8-17)12(18)10-3-4-11(14)20-10/h3-4,9H,5-8H2,1-2H3,(H,15,19). The van der Waals surface area contributed by atoms with Gasteiger partial charge in [-0.2, -0.15) is 0 Å². The lowest BCUT2D eigenvalue weighted by atomic mass is 10.3. The molecule has 0 unspecified atom stereocenters. The highest BCUT2D eigenvalue weighted by atomic mass is 79.9. The normalized spacial score (nSPS) is 15.6. The van der Waals surface area contributed by atoms with E-state index in [-0.39, 0.29) is 18.0 Å². The van der Waals surface area contributed by atoms with Gasteiger partial charge in [0.2, 0.25) is 0 Å². The summed E-state index contributed by atoms with van der Waals surface area (Å²) in [5.41, 5.74) is 0. The van der Waals surface area contributed by atoms with Crippen molar-refractivity contribution in [3.63, 3.8) is 0 Å². The molecule has 0 saturated carbocycles. The molecule has 1 aliphatic rings. The van der Waals surface area contributed by atoms with Crippen molar-refractivity contribution in [2.45, 2.75) is 19.9 Å². The fourth-order valence-electron chi connectivity index (χ4n) is 2.04. The van der Waals surface area contributed by atoms with Crippen LogP contribution in [-0.4, -0.2) is 54.0 Å². The van der Waals surface area contributed by atoms with Gasteiger partial charge in [-0.1, -0.05) is 0 Å². The van der Waals surface area contributed by atoms with Gasteiger partial charge in [-0.3, -0.25) is 4.79 Å². The smallest absolute Gasteiger partial charge is 0.317 e. The second kappa shape index (κ2) is 6.30. The molecule has 1 aliphatic heterocycles. The third-order valence-corrected chi connectivity index (χ3v) is 3.48. The molecule has 6 nitrogen and oxygen atoms in total. The molecule has 1 saturated heterocycles. The molecule has 2 rings (SSSR count). The predicted octanol–water partition coefficient (Wildman–Crippen LogP) is 1.92. The summed E-state index contributed by atoms with van der Waals surface area (Å²) < 4.78 is 5.80. The molecule has 1 aromatic heterocycles. The van der Waals surface area contributed by atoms with Crippen molar-refractivity contribution in [2.24, 2.45) is 0 Å². The Morgan fingerprint density at radius 2 is 1.80 bits per heavy atom. The number of amides is 3. The van der Waals surface area contributed by atoms with E-state index in [1.165, 1.54) is 0 Å². The zero-order valence-corrected chi connectivity index (χ0v) is 13.1. The largest absolute Gasteiger partial charge is 0.444 e. The molecule has 0 aliphatic carbocycles. The molecule has 0 spiro atoms. The van der Waals surface area contributed by atoms with Gasteiger partial charge in [-0.05, 0) is 41.9 Å². The number of carbonyl (C=O) groups is 2. The highest BCUT2D eigenvalue weighted by Gasteiger charge is 2.26. The van der Waals surface area contributed by atoms with E-state index < -0.39 is 0 Å². The molecule has 0 aromatic carbocycles. The first-order chi connectivity index (χ1) is 9.47. The molecule has 3 amide bonds. The quantitative estimate of drug-likeness (QED) is 0.891. The van der Waals surface area contributed by atoms with E-state index in [0.717, 1.165) is 0 Å². The first-order valence-corrected chi connectivity index (χ1v) is 7.36.